The maximum atomic E-state index is 6.22. The predicted molar refractivity (Wildman–Crippen MR) is 84.7 cm³/mol. The van der Waals surface area contributed by atoms with Crippen molar-refractivity contribution in [2.45, 2.75) is 51.5 Å². The Kier molecular flexibility index (Phi) is 2.71. The molecule has 4 heteroatoms. The van der Waals surface area contributed by atoms with Crippen LogP contribution in [0.1, 0.15) is 51.5 Å². The van der Waals surface area contributed by atoms with E-state index in [4.69, 9.17) is 5.73 Å². The highest BCUT2D eigenvalue weighted by Gasteiger charge is 2.53. The van der Waals surface area contributed by atoms with E-state index in [9.17, 15) is 0 Å². The van der Waals surface area contributed by atoms with Crippen molar-refractivity contribution in [1.29, 1.82) is 0 Å². The van der Waals surface area contributed by atoms with E-state index in [1.165, 1.54) is 38.5 Å². The van der Waals surface area contributed by atoms with Gasteiger partial charge in [0.05, 0.1) is 15.8 Å². The van der Waals surface area contributed by atoms with Gasteiger partial charge in [0.2, 0.25) is 0 Å². The highest BCUT2D eigenvalue weighted by molar-refractivity contribution is 14.1. The van der Waals surface area contributed by atoms with Crippen molar-refractivity contribution in [2.24, 2.45) is 23.2 Å². The number of aromatic nitrogens is 2. The van der Waals surface area contributed by atoms with Crippen molar-refractivity contribution in [3.63, 3.8) is 0 Å². The summed E-state index contributed by atoms with van der Waals surface area (Å²) in [6, 6.07) is 0.462. The number of rotatable bonds is 2. The quantitative estimate of drug-likeness (QED) is 0.803. The molecule has 1 aromatic rings. The lowest BCUT2D eigenvalue weighted by atomic mass is 9.48. The molecule has 3 nitrogen and oxygen atoms in total. The zero-order chi connectivity index (χ0) is 13.2. The SMILES string of the molecule is CC(n1ncc(I)c1N)C12CC3CC(CC(C3)C1)C2. The van der Waals surface area contributed by atoms with Gasteiger partial charge in [0.25, 0.3) is 0 Å². The minimum absolute atomic E-state index is 0.462. The van der Waals surface area contributed by atoms with Crippen molar-refractivity contribution >= 4 is 28.4 Å². The summed E-state index contributed by atoms with van der Waals surface area (Å²) in [5, 5.41) is 4.56. The molecule has 19 heavy (non-hydrogen) atoms. The monoisotopic (exact) mass is 371 g/mol. The van der Waals surface area contributed by atoms with Crippen LogP contribution in [0.25, 0.3) is 0 Å². The van der Waals surface area contributed by atoms with Gasteiger partial charge in [-0.2, -0.15) is 5.10 Å². The number of nitrogens with two attached hydrogens (primary N) is 1. The summed E-state index contributed by atoms with van der Waals surface area (Å²) in [6.07, 6.45) is 10.6. The second-order valence-electron chi connectivity index (χ2n) is 7.28. The van der Waals surface area contributed by atoms with E-state index in [0.717, 1.165) is 27.1 Å². The van der Waals surface area contributed by atoms with E-state index in [1.54, 1.807) is 0 Å². The van der Waals surface area contributed by atoms with E-state index in [0.29, 0.717) is 11.5 Å². The molecule has 1 aromatic heterocycles. The van der Waals surface area contributed by atoms with Crippen LogP contribution < -0.4 is 5.73 Å². The van der Waals surface area contributed by atoms with Crippen LogP contribution in [0.4, 0.5) is 5.82 Å². The van der Waals surface area contributed by atoms with Crippen molar-refractivity contribution in [2.75, 3.05) is 5.73 Å². The van der Waals surface area contributed by atoms with Crippen molar-refractivity contribution in [3.05, 3.63) is 9.77 Å². The van der Waals surface area contributed by atoms with Crippen LogP contribution in [0.5, 0.6) is 0 Å². The summed E-state index contributed by atoms with van der Waals surface area (Å²) < 4.78 is 3.20. The average Bonchev–Trinajstić information content (AvgIpc) is 2.67. The molecule has 5 rings (SSSR count). The highest BCUT2D eigenvalue weighted by atomic mass is 127. The predicted octanol–water partition coefficient (Wildman–Crippen LogP) is 3.85. The molecule has 0 spiro atoms. The molecule has 0 radical (unpaired) electrons. The van der Waals surface area contributed by atoms with Gasteiger partial charge in [0, 0.05) is 0 Å². The van der Waals surface area contributed by atoms with Gasteiger partial charge >= 0.3 is 0 Å². The molecule has 104 valence electrons. The lowest BCUT2D eigenvalue weighted by molar-refractivity contribution is -0.0805. The maximum Gasteiger partial charge on any atom is 0.135 e. The van der Waals surface area contributed by atoms with Crippen LogP contribution in [0.3, 0.4) is 0 Å². The zero-order valence-electron chi connectivity index (χ0n) is 11.5. The minimum atomic E-state index is 0.462. The first-order valence-electron chi connectivity index (χ1n) is 7.56. The number of anilines is 1. The molecular formula is C15H22IN3. The summed E-state index contributed by atoms with van der Waals surface area (Å²) in [6.45, 7) is 2.35. The van der Waals surface area contributed by atoms with Crippen molar-refractivity contribution in [3.8, 4) is 0 Å². The molecule has 4 fully saturated rings. The molecule has 1 unspecified atom stereocenters. The summed E-state index contributed by atoms with van der Waals surface area (Å²) in [4.78, 5) is 0. The van der Waals surface area contributed by atoms with Crippen LogP contribution in [-0.4, -0.2) is 9.78 Å². The van der Waals surface area contributed by atoms with Gasteiger partial charge in [0.1, 0.15) is 5.82 Å². The standard InChI is InChI=1S/C15H22IN3/c1-9(19-14(17)13(16)8-18-19)15-5-10-2-11(6-15)4-12(3-10)7-15/h8-12H,2-7,17H2,1H3. The van der Waals surface area contributed by atoms with E-state index in [-0.39, 0.29) is 0 Å². The summed E-state index contributed by atoms with van der Waals surface area (Å²) >= 11 is 2.29. The Morgan fingerprint density at radius 3 is 2.21 bits per heavy atom. The molecule has 2 N–H and O–H groups in total. The molecule has 0 aromatic carbocycles. The fourth-order valence-corrected chi connectivity index (χ4v) is 5.98. The van der Waals surface area contributed by atoms with Crippen LogP contribution in [-0.2, 0) is 0 Å². The molecule has 4 aliphatic carbocycles. The zero-order valence-corrected chi connectivity index (χ0v) is 13.6. The first kappa shape index (κ1) is 12.5. The molecular weight excluding hydrogens is 349 g/mol. The van der Waals surface area contributed by atoms with E-state index in [1.807, 2.05) is 6.20 Å². The Labute approximate surface area is 128 Å². The fourth-order valence-electron chi connectivity index (χ4n) is 5.61. The summed E-state index contributed by atoms with van der Waals surface area (Å²) in [5.74, 6) is 3.84. The van der Waals surface area contributed by atoms with Crippen LogP contribution >= 0.6 is 22.6 Å². The normalized spacial score (nSPS) is 41.7. The highest BCUT2D eigenvalue weighted by Crippen LogP contribution is 2.63. The number of hydrogen-bond donors (Lipinski definition) is 1. The van der Waals surface area contributed by atoms with Gasteiger partial charge in [-0.25, -0.2) is 4.68 Å². The second kappa shape index (κ2) is 4.12. The largest absolute Gasteiger partial charge is 0.383 e. The van der Waals surface area contributed by atoms with Crippen LogP contribution in [0.15, 0.2) is 6.20 Å². The van der Waals surface area contributed by atoms with Gasteiger partial charge < -0.3 is 5.73 Å². The third kappa shape index (κ3) is 1.78. The first-order valence-corrected chi connectivity index (χ1v) is 8.64. The van der Waals surface area contributed by atoms with Crippen LogP contribution in [0, 0.1) is 26.7 Å². The first-order chi connectivity index (χ1) is 9.07. The Morgan fingerprint density at radius 1 is 1.26 bits per heavy atom. The molecule has 0 saturated heterocycles. The van der Waals surface area contributed by atoms with Gasteiger partial charge in [-0.3, -0.25) is 0 Å². The summed E-state index contributed by atoms with van der Waals surface area (Å²) in [7, 11) is 0. The van der Waals surface area contributed by atoms with Gasteiger partial charge in [0.15, 0.2) is 0 Å². The van der Waals surface area contributed by atoms with E-state index >= 15 is 0 Å². The molecule has 0 aliphatic heterocycles. The van der Waals surface area contributed by atoms with Gasteiger partial charge in [-0.1, -0.05) is 0 Å². The third-order valence-electron chi connectivity index (χ3n) is 6.13. The Hall–Kier alpha value is -0.260. The fraction of sp³-hybridized carbons (Fsp3) is 0.800. The van der Waals surface area contributed by atoms with Gasteiger partial charge in [-0.05, 0) is 91.2 Å². The number of nitrogen functional groups attached to an aromatic ring is 1. The smallest absolute Gasteiger partial charge is 0.135 e. The molecule has 4 aliphatic rings. The van der Waals surface area contributed by atoms with Crippen LogP contribution in [0.2, 0.25) is 0 Å². The number of halogens is 1. The van der Waals surface area contributed by atoms with Gasteiger partial charge in [-0.15, -0.1) is 0 Å². The number of nitrogens with zero attached hydrogens (tertiary/aromatic N) is 2. The van der Waals surface area contributed by atoms with E-state index < -0.39 is 0 Å². The van der Waals surface area contributed by atoms with Crippen molar-refractivity contribution in [1.82, 2.24) is 9.78 Å². The third-order valence-corrected chi connectivity index (χ3v) is 6.96. The molecule has 0 amide bonds. The Bertz CT molecular complexity index is 472. The molecule has 4 saturated carbocycles. The van der Waals surface area contributed by atoms with E-state index in [2.05, 4.69) is 39.3 Å². The van der Waals surface area contributed by atoms with Crippen molar-refractivity contribution < 1.29 is 0 Å². The summed E-state index contributed by atoms with van der Waals surface area (Å²) in [5.41, 5.74) is 6.70. The average molecular weight is 371 g/mol. The second-order valence-corrected chi connectivity index (χ2v) is 8.44. The molecule has 1 atom stereocenters. The minimum Gasteiger partial charge on any atom is -0.383 e. The lowest BCUT2D eigenvalue weighted by Crippen LogP contribution is -2.49. The molecule has 4 bridgehead atoms. The maximum absolute atomic E-state index is 6.22. The Morgan fingerprint density at radius 2 is 1.79 bits per heavy atom. The lowest BCUT2D eigenvalue weighted by Gasteiger charge is -2.59. The number of hydrogen-bond acceptors (Lipinski definition) is 2. The molecule has 1 heterocycles. The topological polar surface area (TPSA) is 43.8 Å². The Balaban J connectivity index is 1.69.